The smallest absolute Gasteiger partial charge is 0.354 e. The molecule has 1 saturated carbocycles. The molecule has 0 bridgehead atoms. The molecular formula is C34H35F5N6O4. The second kappa shape index (κ2) is 14.7. The number of aromatic nitrogens is 3. The molecule has 1 N–H and O–H groups in total. The molecule has 49 heavy (non-hydrogen) atoms. The third-order valence-electron chi connectivity index (χ3n) is 8.50. The van der Waals surface area contributed by atoms with Crippen molar-refractivity contribution in [3.63, 3.8) is 0 Å². The van der Waals surface area contributed by atoms with Gasteiger partial charge in [-0.25, -0.2) is 18.6 Å². The number of pyridine rings is 1. The highest BCUT2D eigenvalue weighted by atomic mass is 19.4. The second-order valence-electron chi connectivity index (χ2n) is 11.6. The number of carbonyl (C=O) groups excluding carboxylic acids is 2. The number of aryl methyl sites for hydroxylation is 1. The number of rotatable bonds is 11. The number of para-hydroxylation sites is 1. The molecule has 1 aliphatic carbocycles. The van der Waals surface area contributed by atoms with E-state index in [-0.39, 0.29) is 28.2 Å². The number of nitrogens with one attached hydrogen (secondary N) is 1. The Balaban J connectivity index is 1.64. The largest absolute Gasteiger partial charge is 0.493 e. The van der Waals surface area contributed by atoms with E-state index >= 15 is 8.78 Å². The van der Waals surface area contributed by atoms with Gasteiger partial charge in [0.2, 0.25) is 5.95 Å². The zero-order valence-electron chi connectivity index (χ0n) is 27.1. The fourth-order valence-electron chi connectivity index (χ4n) is 5.54. The number of hydrogen-bond donors (Lipinski definition) is 1. The summed E-state index contributed by atoms with van der Waals surface area (Å²) in [6.07, 6.45) is -3.29. The number of hydrogen-bond acceptors (Lipinski definition) is 8. The third kappa shape index (κ3) is 7.56. The standard InChI is InChI=1S/C34H35F5N6O4/c1-4-43(5-2)18-8-17-40-33-41-28(23-15-16-27(46)44(30(23)42-33)29-25(35)11-7-12-26(29)36)24-19-21(14-13-20(24)3)31(47)45(22-9-6-10-22)49-32(48)34(37,38)39/h7,11-16,19,22H,4-6,8-10,17-18H2,1-3H3,(H,40,41,42). The summed E-state index contributed by atoms with van der Waals surface area (Å²) >= 11 is 0. The summed E-state index contributed by atoms with van der Waals surface area (Å²) in [4.78, 5) is 54.5. The van der Waals surface area contributed by atoms with Gasteiger partial charge in [-0.3, -0.25) is 14.2 Å². The van der Waals surface area contributed by atoms with Crippen molar-refractivity contribution in [3.8, 4) is 16.9 Å². The molecule has 0 spiro atoms. The van der Waals surface area contributed by atoms with Gasteiger partial charge in [0, 0.05) is 29.1 Å². The molecule has 0 atom stereocenters. The molecule has 0 radical (unpaired) electrons. The van der Waals surface area contributed by atoms with Crippen LogP contribution in [0.15, 0.2) is 53.3 Å². The average Bonchev–Trinajstić information content (AvgIpc) is 3.03. The van der Waals surface area contributed by atoms with Crippen molar-refractivity contribution in [3.05, 3.63) is 81.6 Å². The van der Waals surface area contributed by atoms with Gasteiger partial charge in [-0.2, -0.15) is 23.2 Å². The molecule has 15 heteroatoms. The Kier molecular flexibility index (Phi) is 10.6. The average molecular weight is 687 g/mol. The van der Waals surface area contributed by atoms with Crippen LogP contribution in [0, 0.1) is 18.6 Å². The molecular weight excluding hydrogens is 651 g/mol. The van der Waals surface area contributed by atoms with Crippen LogP contribution in [-0.4, -0.2) is 74.8 Å². The van der Waals surface area contributed by atoms with E-state index in [1.54, 1.807) is 13.0 Å². The lowest BCUT2D eigenvalue weighted by Crippen LogP contribution is -2.47. The van der Waals surface area contributed by atoms with Crippen LogP contribution < -0.4 is 10.9 Å². The Morgan fingerprint density at radius 2 is 1.71 bits per heavy atom. The normalized spacial score (nSPS) is 13.4. The molecule has 2 heterocycles. The van der Waals surface area contributed by atoms with Crippen LogP contribution in [0.4, 0.5) is 27.9 Å². The minimum atomic E-state index is -5.32. The molecule has 1 aliphatic rings. The number of carbonyl (C=O) groups is 2. The Bertz CT molecular complexity index is 1900. The molecule has 0 aliphatic heterocycles. The fraction of sp³-hybridized carbons (Fsp3) is 0.382. The van der Waals surface area contributed by atoms with E-state index in [9.17, 15) is 27.6 Å². The summed E-state index contributed by atoms with van der Waals surface area (Å²) in [6, 6.07) is 9.27. The van der Waals surface area contributed by atoms with Crippen LogP contribution in [0.1, 0.15) is 55.5 Å². The first-order valence-corrected chi connectivity index (χ1v) is 15.9. The van der Waals surface area contributed by atoms with E-state index in [1.165, 1.54) is 24.3 Å². The van der Waals surface area contributed by atoms with Gasteiger partial charge in [-0.05, 0) is 88.1 Å². The van der Waals surface area contributed by atoms with Crippen LogP contribution in [0.2, 0.25) is 0 Å². The Hall–Kier alpha value is -4.92. The van der Waals surface area contributed by atoms with Crippen molar-refractivity contribution < 1.29 is 36.4 Å². The van der Waals surface area contributed by atoms with Gasteiger partial charge in [-0.1, -0.05) is 26.0 Å². The predicted octanol–water partition coefficient (Wildman–Crippen LogP) is 6.19. The zero-order valence-corrected chi connectivity index (χ0v) is 27.1. The minimum absolute atomic E-state index is 0.0319. The van der Waals surface area contributed by atoms with Gasteiger partial charge >= 0.3 is 12.1 Å². The molecule has 260 valence electrons. The fourth-order valence-corrected chi connectivity index (χ4v) is 5.54. The van der Waals surface area contributed by atoms with Gasteiger partial charge < -0.3 is 15.1 Å². The number of halogens is 5. The van der Waals surface area contributed by atoms with Gasteiger partial charge in [0.1, 0.15) is 17.3 Å². The van der Waals surface area contributed by atoms with E-state index in [0.717, 1.165) is 42.4 Å². The first-order chi connectivity index (χ1) is 23.3. The molecule has 2 aromatic carbocycles. The molecule has 4 aromatic rings. The van der Waals surface area contributed by atoms with Crippen molar-refractivity contribution in [1.82, 2.24) is 24.5 Å². The summed E-state index contributed by atoms with van der Waals surface area (Å²) < 4.78 is 70.3. The Morgan fingerprint density at radius 3 is 2.33 bits per heavy atom. The first-order valence-electron chi connectivity index (χ1n) is 15.9. The van der Waals surface area contributed by atoms with E-state index in [0.29, 0.717) is 48.4 Å². The molecule has 1 fully saturated rings. The summed E-state index contributed by atoms with van der Waals surface area (Å²) in [5.41, 5.74) is -0.567. The molecule has 0 saturated heterocycles. The van der Waals surface area contributed by atoms with Crippen LogP contribution in [-0.2, 0) is 9.63 Å². The number of fused-ring (bicyclic) bond motifs is 1. The molecule has 10 nitrogen and oxygen atoms in total. The maximum Gasteiger partial charge on any atom is 0.493 e. The van der Waals surface area contributed by atoms with Crippen molar-refractivity contribution in [1.29, 1.82) is 0 Å². The highest BCUT2D eigenvalue weighted by Gasteiger charge is 2.45. The van der Waals surface area contributed by atoms with Crippen LogP contribution in [0.5, 0.6) is 0 Å². The summed E-state index contributed by atoms with van der Waals surface area (Å²) in [6.45, 7) is 8.68. The maximum atomic E-state index is 15.1. The highest BCUT2D eigenvalue weighted by Crippen LogP contribution is 2.33. The Morgan fingerprint density at radius 1 is 1.02 bits per heavy atom. The molecule has 2 aromatic heterocycles. The summed E-state index contributed by atoms with van der Waals surface area (Å²) in [5, 5.41) is 3.79. The second-order valence-corrected chi connectivity index (χ2v) is 11.6. The predicted molar refractivity (Wildman–Crippen MR) is 172 cm³/mol. The Labute approximate surface area is 278 Å². The SMILES string of the molecule is CCN(CC)CCCNc1nc(-c2cc(C(=O)N(OC(=O)C(F)(F)F)C3CCC3)ccc2C)c2ccc(=O)n(-c3c(F)cccc3F)c2n1. The van der Waals surface area contributed by atoms with Crippen molar-refractivity contribution in [2.24, 2.45) is 0 Å². The van der Waals surface area contributed by atoms with Gasteiger partial charge in [0.25, 0.3) is 11.5 Å². The summed E-state index contributed by atoms with van der Waals surface area (Å²) in [7, 11) is 0. The topological polar surface area (TPSA) is 110 Å². The number of nitrogens with zero attached hydrogens (tertiary/aromatic N) is 5. The van der Waals surface area contributed by atoms with Crippen LogP contribution in [0.25, 0.3) is 28.0 Å². The lowest BCUT2D eigenvalue weighted by Gasteiger charge is -2.35. The summed E-state index contributed by atoms with van der Waals surface area (Å²) in [5.74, 6) is -5.46. The van der Waals surface area contributed by atoms with Crippen molar-refractivity contribution in [2.75, 3.05) is 31.5 Å². The van der Waals surface area contributed by atoms with Crippen molar-refractivity contribution in [2.45, 2.75) is 58.7 Å². The van der Waals surface area contributed by atoms with E-state index in [4.69, 9.17) is 0 Å². The monoisotopic (exact) mass is 686 g/mol. The minimum Gasteiger partial charge on any atom is -0.354 e. The zero-order chi connectivity index (χ0) is 35.5. The highest BCUT2D eigenvalue weighted by molar-refractivity contribution is 5.98. The molecule has 0 unspecified atom stereocenters. The lowest BCUT2D eigenvalue weighted by molar-refractivity contribution is -0.237. The van der Waals surface area contributed by atoms with E-state index < -0.39 is 47.0 Å². The van der Waals surface area contributed by atoms with Gasteiger partial charge in [-0.15, -0.1) is 0 Å². The number of hydroxylamine groups is 2. The molecule has 5 rings (SSSR count). The lowest BCUT2D eigenvalue weighted by atomic mass is 9.92. The molecule has 1 amide bonds. The van der Waals surface area contributed by atoms with E-state index in [2.05, 4.69) is 25.0 Å². The third-order valence-corrected chi connectivity index (χ3v) is 8.50. The number of amides is 1. The van der Waals surface area contributed by atoms with E-state index in [1.807, 2.05) is 13.8 Å². The van der Waals surface area contributed by atoms with Crippen LogP contribution >= 0.6 is 0 Å². The quantitative estimate of drug-likeness (QED) is 0.113. The maximum absolute atomic E-state index is 15.1. The van der Waals surface area contributed by atoms with Crippen LogP contribution in [0.3, 0.4) is 0 Å². The van der Waals surface area contributed by atoms with Crippen molar-refractivity contribution >= 4 is 28.9 Å². The van der Waals surface area contributed by atoms with Gasteiger partial charge in [0.15, 0.2) is 5.65 Å². The number of alkyl halides is 3. The number of benzene rings is 2. The number of anilines is 1. The first kappa shape index (κ1) is 35.4. The van der Waals surface area contributed by atoms with Gasteiger partial charge in [0.05, 0.1) is 11.7 Å².